The van der Waals surface area contributed by atoms with Crippen LogP contribution in [0.15, 0.2) is 88.4 Å². The van der Waals surface area contributed by atoms with E-state index < -0.39 is 0 Å². The third-order valence-electron chi connectivity index (χ3n) is 4.52. The van der Waals surface area contributed by atoms with Crippen molar-refractivity contribution in [3.63, 3.8) is 0 Å². The Bertz CT molecular complexity index is 1160. The van der Waals surface area contributed by atoms with Gasteiger partial charge in [0.05, 0.1) is 24.7 Å². The number of phenolic OH excluding ortho intramolecular Hbond substituents is 1. The molecular weight excluding hydrogens is 456 g/mol. The molecule has 4 aromatic rings. The van der Waals surface area contributed by atoms with Crippen LogP contribution >= 0.6 is 15.9 Å². The average molecular weight is 475 g/mol. The van der Waals surface area contributed by atoms with Gasteiger partial charge < -0.3 is 9.84 Å². The maximum atomic E-state index is 10.3. The van der Waals surface area contributed by atoms with Gasteiger partial charge in [-0.15, -0.1) is 0 Å². The maximum absolute atomic E-state index is 10.3. The molecule has 0 aliphatic heterocycles. The lowest BCUT2D eigenvalue weighted by Crippen LogP contribution is -2.00. The van der Waals surface area contributed by atoms with Gasteiger partial charge in [-0.05, 0) is 18.2 Å². The van der Waals surface area contributed by atoms with Gasteiger partial charge in [-0.2, -0.15) is 5.10 Å². The molecule has 0 fully saturated rings. The Morgan fingerprint density at radius 1 is 0.903 bits per heavy atom. The highest BCUT2D eigenvalue weighted by Crippen LogP contribution is 2.32. The van der Waals surface area contributed by atoms with E-state index >= 15 is 0 Å². The van der Waals surface area contributed by atoms with Crippen molar-refractivity contribution in [2.24, 2.45) is 5.10 Å². The second-order valence-corrected chi connectivity index (χ2v) is 7.53. The summed E-state index contributed by atoms with van der Waals surface area (Å²) in [6.07, 6.45) is 1.49. The first-order valence-electron chi connectivity index (χ1n) is 9.49. The fourth-order valence-corrected chi connectivity index (χ4v) is 3.47. The van der Waals surface area contributed by atoms with E-state index in [0.29, 0.717) is 17.3 Å². The van der Waals surface area contributed by atoms with Crippen LogP contribution in [0.2, 0.25) is 0 Å². The average Bonchev–Trinajstić information content (AvgIpc) is 2.82. The molecule has 0 spiro atoms. The lowest BCUT2D eigenvalue weighted by molar-refractivity contribution is 0.373. The number of anilines is 1. The standard InChI is InChI=1S/C24H19BrN4O2/c1-31-22-13-19(25)12-18(23(22)30)15-26-29-24-27-20(16-8-4-2-5-9-16)14-21(28-24)17-10-6-3-7-11-17/h2-15,30H,1H3,(H,27,28,29). The summed E-state index contributed by atoms with van der Waals surface area (Å²) >= 11 is 3.40. The molecule has 3 aromatic carbocycles. The van der Waals surface area contributed by atoms with Crippen molar-refractivity contribution >= 4 is 28.1 Å². The SMILES string of the molecule is COc1cc(Br)cc(C=NNc2nc(-c3ccccc3)cc(-c3ccccc3)n2)c1O. The molecule has 0 atom stereocenters. The molecule has 154 valence electrons. The third kappa shape index (κ3) is 4.90. The van der Waals surface area contributed by atoms with Crippen molar-refractivity contribution < 1.29 is 9.84 Å². The molecule has 0 unspecified atom stereocenters. The maximum Gasteiger partial charge on any atom is 0.244 e. The monoisotopic (exact) mass is 474 g/mol. The van der Waals surface area contributed by atoms with Gasteiger partial charge in [0, 0.05) is 21.2 Å². The highest BCUT2D eigenvalue weighted by molar-refractivity contribution is 9.10. The molecule has 7 heteroatoms. The highest BCUT2D eigenvalue weighted by atomic mass is 79.9. The normalized spacial score (nSPS) is 10.9. The molecule has 0 bridgehead atoms. The van der Waals surface area contributed by atoms with E-state index in [1.807, 2.05) is 66.7 Å². The zero-order valence-electron chi connectivity index (χ0n) is 16.7. The zero-order chi connectivity index (χ0) is 21.6. The van der Waals surface area contributed by atoms with E-state index in [0.717, 1.165) is 27.0 Å². The largest absolute Gasteiger partial charge is 0.504 e. The topological polar surface area (TPSA) is 79.6 Å². The van der Waals surface area contributed by atoms with Gasteiger partial charge in [-0.1, -0.05) is 76.6 Å². The number of aromatic nitrogens is 2. The van der Waals surface area contributed by atoms with E-state index in [1.54, 1.807) is 12.1 Å². The molecule has 6 nitrogen and oxygen atoms in total. The second-order valence-electron chi connectivity index (χ2n) is 6.61. The lowest BCUT2D eigenvalue weighted by atomic mass is 10.1. The zero-order valence-corrected chi connectivity index (χ0v) is 18.2. The van der Waals surface area contributed by atoms with E-state index in [2.05, 4.69) is 36.4 Å². The summed E-state index contributed by atoms with van der Waals surface area (Å²) in [5.41, 5.74) is 6.87. The minimum atomic E-state index is 0.000166. The third-order valence-corrected chi connectivity index (χ3v) is 4.98. The smallest absolute Gasteiger partial charge is 0.244 e. The van der Waals surface area contributed by atoms with Crippen molar-refractivity contribution in [1.82, 2.24) is 9.97 Å². The minimum Gasteiger partial charge on any atom is -0.504 e. The molecule has 0 aliphatic rings. The van der Waals surface area contributed by atoms with E-state index in [1.165, 1.54) is 13.3 Å². The Hall–Kier alpha value is -3.71. The molecule has 0 aliphatic carbocycles. The predicted octanol–water partition coefficient (Wildman–Crippen LogP) is 5.73. The van der Waals surface area contributed by atoms with Gasteiger partial charge in [0.2, 0.25) is 5.95 Å². The van der Waals surface area contributed by atoms with Gasteiger partial charge in [0.15, 0.2) is 11.5 Å². The number of halogens is 1. The first-order chi connectivity index (χ1) is 15.1. The van der Waals surface area contributed by atoms with Gasteiger partial charge in [0.1, 0.15) is 0 Å². The summed E-state index contributed by atoms with van der Waals surface area (Å²) in [5.74, 6) is 0.697. The van der Waals surface area contributed by atoms with Crippen LogP contribution in [0.25, 0.3) is 22.5 Å². The van der Waals surface area contributed by atoms with Crippen molar-refractivity contribution in [3.8, 4) is 34.0 Å². The summed E-state index contributed by atoms with van der Waals surface area (Å²) in [4.78, 5) is 9.20. The number of hydrogen-bond donors (Lipinski definition) is 2. The van der Waals surface area contributed by atoms with Crippen molar-refractivity contribution in [2.75, 3.05) is 12.5 Å². The number of hydrogen-bond acceptors (Lipinski definition) is 6. The van der Waals surface area contributed by atoms with Gasteiger partial charge in [-0.25, -0.2) is 15.4 Å². The number of rotatable bonds is 6. The van der Waals surface area contributed by atoms with Gasteiger partial charge >= 0.3 is 0 Å². The molecule has 0 radical (unpaired) electrons. The van der Waals surface area contributed by atoms with Crippen molar-refractivity contribution in [3.05, 3.63) is 88.9 Å². The fraction of sp³-hybridized carbons (Fsp3) is 0.0417. The number of phenols is 1. The molecule has 2 N–H and O–H groups in total. The molecule has 1 heterocycles. The van der Waals surface area contributed by atoms with Gasteiger partial charge in [0.25, 0.3) is 0 Å². The van der Waals surface area contributed by atoms with Crippen LogP contribution < -0.4 is 10.2 Å². The molecule has 1 aromatic heterocycles. The van der Waals surface area contributed by atoms with E-state index in [4.69, 9.17) is 4.74 Å². The van der Waals surface area contributed by atoms with Gasteiger partial charge in [-0.3, -0.25) is 0 Å². The second kappa shape index (κ2) is 9.40. The Kier molecular flexibility index (Phi) is 6.24. The number of nitrogens with zero attached hydrogens (tertiary/aromatic N) is 3. The number of methoxy groups -OCH3 is 1. The number of benzene rings is 3. The van der Waals surface area contributed by atoms with E-state index in [-0.39, 0.29) is 5.75 Å². The number of ether oxygens (including phenoxy) is 1. The lowest BCUT2D eigenvalue weighted by Gasteiger charge is -2.09. The molecule has 0 saturated heterocycles. The molecular formula is C24H19BrN4O2. The van der Waals surface area contributed by atoms with Crippen LogP contribution in [0.4, 0.5) is 5.95 Å². The molecule has 31 heavy (non-hydrogen) atoms. The minimum absolute atomic E-state index is 0.000166. The van der Waals surface area contributed by atoms with Crippen LogP contribution in [0.3, 0.4) is 0 Å². The van der Waals surface area contributed by atoms with E-state index in [9.17, 15) is 5.11 Å². The summed E-state index contributed by atoms with van der Waals surface area (Å²) in [6, 6.07) is 25.1. The Labute approximate surface area is 188 Å². The first kappa shape index (κ1) is 20.6. The highest BCUT2D eigenvalue weighted by Gasteiger charge is 2.10. The van der Waals surface area contributed by atoms with Crippen LogP contribution in [0, 0.1) is 0 Å². The fourth-order valence-electron chi connectivity index (χ4n) is 3.02. The van der Waals surface area contributed by atoms with Crippen LogP contribution in [0.5, 0.6) is 11.5 Å². The number of nitrogens with one attached hydrogen (secondary N) is 1. The molecule has 0 amide bonds. The first-order valence-corrected chi connectivity index (χ1v) is 10.3. The predicted molar refractivity (Wildman–Crippen MR) is 126 cm³/mol. The summed E-state index contributed by atoms with van der Waals surface area (Å²) in [7, 11) is 1.49. The molecule has 4 rings (SSSR count). The Balaban J connectivity index is 1.68. The summed E-state index contributed by atoms with van der Waals surface area (Å²) in [5, 5.41) is 14.5. The van der Waals surface area contributed by atoms with Crippen LogP contribution in [0.1, 0.15) is 5.56 Å². The number of hydrazone groups is 1. The van der Waals surface area contributed by atoms with Crippen LogP contribution in [-0.2, 0) is 0 Å². The Morgan fingerprint density at radius 3 is 2.03 bits per heavy atom. The summed E-state index contributed by atoms with van der Waals surface area (Å²) < 4.78 is 5.94. The molecule has 0 saturated carbocycles. The van der Waals surface area contributed by atoms with Crippen LogP contribution in [-0.4, -0.2) is 28.4 Å². The number of aromatic hydroxyl groups is 1. The quantitative estimate of drug-likeness (QED) is 0.275. The Morgan fingerprint density at radius 2 is 1.48 bits per heavy atom. The van der Waals surface area contributed by atoms with Crippen molar-refractivity contribution in [1.29, 1.82) is 0 Å². The summed E-state index contributed by atoms with van der Waals surface area (Å²) in [6.45, 7) is 0. The van der Waals surface area contributed by atoms with Crippen molar-refractivity contribution in [2.45, 2.75) is 0 Å².